The van der Waals surface area contributed by atoms with Crippen LogP contribution in [0.5, 0.6) is 11.5 Å². The lowest BCUT2D eigenvalue weighted by atomic mass is 10.1. The summed E-state index contributed by atoms with van der Waals surface area (Å²) in [6, 6.07) is 10.8. The highest BCUT2D eigenvalue weighted by atomic mass is 16.6. The molecule has 0 atom stereocenters. The van der Waals surface area contributed by atoms with Gasteiger partial charge in [-0.05, 0) is 29.8 Å². The Morgan fingerprint density at radius 3 is 2.28 bits per heavy atom. The lowest BCUT2D eigenvalue weighted by Crippen LogP contribution is -2.20. The number of ether oxygens (including phenoxy) is 4. The van der Waals surface area contributed by atoms with E-state index in [0.717, 1.165) is 0 Å². The number of hydrogen-bond acceptors (Lipinski definition) is 9. The smallest absolute Gasteiger partial charge is 0.344 e. The molecule has 0 unspecified atom stereocenters. The van der Waals surface area contributed by atoms with Crippen LogP contribution >= 0.6 is 0 Å². The molecule has 0 aliphatic carbocycles. The number of methoxy groups -OCH3 is 1. The van der Waals surface area contributed by atoms with Crippen LogP contribution in [0.2, 0.25) is 0 Å². The molecule has 0 bridgehead atoms. The van der Waals surface area contributed by atoms with Gasteiger partial charge in [0.25, 0.3) is 0 Å². The van der Waals surface area contributed by atoms with Crippen LogP contribution in [0.3, 0.4) is 0 Å². The monoisotopic (exact) mass is 442 g/mol. The zero-order valence-electron chi connectivity index (χ0n) is 16.9. The number of carboxylic acid groups (broad SMARTS) is 1. The Morgan fingerprint density at radius 2 is 1.59 bits per heavy atom. The van der Waals surface area contributed by atoms with Gasteiger partial charge in [-0.1, -0.05) is 12.1 Å². The molecular formula is C22H18O10. The van der Waals surface area contributed by atoms with Crippen molar-refractivity contribution in [3.05, 3.63) is 59.0 Å². The highest BCUT2D eigenvalue weighted by Gasteiger charge is 2.12. The molecule has 0 radical (unpaired) electrons. The Morgan fingerprint density at radius 1 is 0.906 bits per heavy atom. The minimum absolute atomic E-state index is 0.251. The van der Waals surface area contributed by atoms with Crippen molar-refractivity contribution in [3.63, 3.8) is 0 Å². The van der Waals surface area contributed by atoms with E-state index in [0.29, 0.717) is 22.3 Å². The van der Waals surface area contributed by atoms with E-state index in [1.54, 1.807) is 24.3 Å². The normalized spacial score (nSPS) is 10.4. The van der Waals surface area contributed by atoms with Crippen LogP contribution in [0, 0.1) is 0 Å². The van der Waals surface area contributed by atoms with E-state index >= 15 is 0 Å². The van der Waals surface area contributed by atoms with Crippen molar-refractivity contribution in [2.45, 2.75) is 0 Å². The summed E-state index contributed by atoms with van der Waals surface area (Å²) >= 11 is 0. The van der Waals surface area contributed by atoms with Gasteiger partial charge in [0, 0.05) is 6.07 Å². The SMILES string of the molecule is COC(=O)COC(=O)COc1ccc2c(=O)c(-c3ccc(OCC(=O)O)cc3)coc2c1. The van der Waals surface area contributed by atoms with Gasteiger partial charge in [0.1, 0.15) is 23.3 Å². The molecule has 10 heteroatoms. The quantitative estimate of drug-likeness (QED) is 0.490. The number of benzene rings is 2. The van der Waals surface area contributed by atoms with Crippen molar-refractivity contribution in [2.24, 2.45) is 0 Å². The van der Waals surface area contributed by atoms with Crippen LogP contribution in [0.4, 0.5) is 0 Å². The molecule has 0 fully saturated rings. The summed E-state index contributed by atoms with van der Waals surface area (Å²) in [5, 5.41) is 8.95. The molecule has 32 heavy (non-hydrogen) atoms. The number of aliphatic carboxylic acids is 1. The summed E-state index contributed by atoms with van der Waals surface area (Å²) in [6.45, 7) is -1.42. The number of carboxylic acids is 1. The number of fused-ring (bicyclic) bond motifs is 1. The van der Waals surface area contributed by atoms with E-state index in [4.69, 9.17) is 19.0 Å². The Kier molecular flexibility index (Phi) is 7.06. The molecule has 0 saturated heterocycles. The van der Waals surface area contributed by atoms with Gasteiger partial charge in [-0.2, -0.15) is 0 Å². The number of esters is 2. The van der Waals surface area contributed by atoms with Crippen molar-refractivity contribution < 1.29 is 42.9 Å². The summed E-state index contributed by atoms with van der Waals surface area (Å²) in [4.78, 5) is 46.0. The second-order valence-electron chi connectivity index (χ2n) is 6.37. The van der Waals surface area contributed by atoms with Crippen LogP contribution in [-0.2, 0) is 23.9 Å². The molecule has 0 saturated carbocycles. The lowest BCUT2D eigenvalue weighted by Gasteiger charge is -2.08. The first-order valence-electron chi connectivity index (χ1n) is 9.23. The fourth-order valence-corrected chi connectivity index (χ4v) is 2.66. The zero-order chi connectivity index (χ0) is 23.1. The molecule has 3 rings (SSSR count). The van der Waals surface area contributed by atoms with E-state index < -0.39 is 37.7 Å². The molecular weight excluding hydrogens is 424 g/mol. The largest absolute Gasteiger partial charge is 0.482 e. The number of carbonyl (C=O) groups excluding carboxylic acids is 2. The fraction of sp³-hybridized carbons (Fsp3) is 0.182. The van der Waals surface area contributed by atoms with Crippen molar-refractivity contribution in [1.29, 1.82) is 0 Å². The molecule has 0 spiro atoms. The first-order chi connectivity index (χ1) is 15.4. The first-order valence-corrected chi connectivity index (χ1v) is 9.23. The third-order valence-corrected chi connectivity index (χ3v) is 4.21. The van der Waals surface area contributed by atoms with Gasteiger partial charge in [-0.15, -0.1) is 0 Å². The van der Waals surface area contributed by atoms with Gasteiger partial charge in [0.15, 0.2) is 25.2 Å². The topological polar surface area (TPSA) is 139 Å². The molecule has 10 nitrogen and oxygen atoms in total. The molecule has 3 aromatic rings. The van der Waals surface area contributed by atoms with E-state index in [-0.39, 0.29) is 16.8 Å². The molecule has 1 heterocycles. The van der Waals surface area contributed by atoms with Gasteiger partial charge in [-0.3, -0.25) is 4.79 Å². The van der Waals surface area contributed by atoms with Crippen LogP contribution in [0.25, 0.3) is 22.1 Å². The standard InChI is InChI=1S/C22H18O10/c1-28-20(25)11-32-21(26)12-30-15-6-7-16-18(8-15)31-9-17(22(16)27)13-2-4-14(5-3-13)29-10-19(23)24/h2-9H,10-12H2,1H3,(H,23,24). The number of carbonyl (C=O) groups is 3. The average Bonchev–Trinajstić information content (AvgIpc) is 2.80. The van der Waals surface area contributed by atoms with E-state index in [2.05, 4.69) is 9.47 Å². The Labute approximate surface area is 180 Å². The summed E-state index contributed by atoms with van der Waals surface area (Å²) in [5.74, 6) is -1.92. The van der Waals surface area contributed by atoms with Gasteiger partial charge in [0.05, 0.1) is 18.1 Å². The fourth-order valence-electron chi connectivity index (χ4n) is 2.66. The summed E-state index contributed by atoms with van der Waals surface area (Å²) in [7, 11) is 1.17. The van der Waals surface area contributed by atoms with Crippen molar-refractivity contribution in [3.8, 4) is 22.6 Å². The highest BCUT2D eigenvalue weighted by molar-refractivity contribution is 5.83. The summed E-state index contributed by atoms with van der Waals surface area (Å²) in [5.41, 5.74) is 0.842. The summed E-state index contributed by atoms with van der Waals surface area (Å²) < 4.78 is 25.0. The van der Waals surface area contributed by atoms with E-state index in [1.165, 1.54) is 31.6 Å². The van der Waals surface area contributed by atoms with Gasteiger partial charge < -0.3 is 28.5 Å². The number of hydrogen-bond donors (Lipinski definition) is 1. The highest BCUT2D eigenvalue weighted by Crippen LogP contribution is 2.24. The third-order valence-electron chi connectivity index (χ3n) is 4.21. The molecule has 166 valence electrons. The first kappa shape index (κ1) is 22.3. The maximum atomic E-state index is 12.9. The molecule has 0 aliphatic heterocycles. The number of rotatable bonds is 9. The van der Waals surface area contributed by atoms with Crippen LogP contribution < -0.4 is 14.9 Å². The lowest BCUT2D eigenvalue weighted by molar-refractivity contribution is -0.158. The summed E-state index contributed by atoms with van der Waals surface area (Å²) in [6.07, 6.45) is 1.30. The molecule has 1 N–H and O–H groups in total. The molecule has 1 aromatic heterocycles. The van der Waals surface area contributed by atoms with Gasteiger partial charge in [-0.25, -0.2) is 14.4 Å². The molecule has 0 aliphatic rings. The van der Waals surface area contributed by atoms with E-state index in [1.807, 2.05) is 0 Å². The second-order valence-corrected chi connectivity index (χ2v) is 6.37. The maximum Gasteiger partial charge on any atom is 0.344 e. The van der Waals surface area contributed by atoms with E-state index in [9.17, 15) is 19.2 Å². The third kappa shape index (κ3) is 5.63. The Bertz CT molecular complexity index is 1190. The second kappa shape index (κ2) is 10.1. The maximum absolute atomic E-state index is 12.9. The zero-order valence-corrected chi connectivity index (χ0v) is 16.9. The predicted octanol–water partition coefficient (Wildman–Crippen LogP) is 2.02. The van der Waals surface area contributed by atoms with Crippen LogP contribution in [0.15, 0.2) is 57.9 Å². The van der Waals surface area contributed by atoms with Crippen molar-refractivity contribution in [1.82, 2.24) is 0 Å². The predicted molar refractivity (Wildman–Crippen MR) is 110 cm³/mol. The minimum Gasteiger partial charge on any atom is -0.482 e. The van der Waals surface area contributed by atoms with Crippen LogP contribution in [0.1, 0.15) is 0 Å². The Balaban J connectivity index is 1.71. The van der Waals surface area contributed by atoms with Crippen molar-refractivity contribution >= 4 is 28.9 Å². The Hall–Kier alpha value is -4.34. The van der Waals surface area contributed by atoms with Gasteiger partial charge >= 0.3 is 17.9 Å². The van der Waals surface area contributed by atoms with Crippen LogP contribution in [-0.4, -0.2) is 49.9 Å². The molecule has 0 amide bonds. The van der Waals surface area contributed by atoms with Gasteiger partial charge in [0.2, 0.25) is 0 Å². The van der Waals surface area contributed by atoms with Crippen molar-refractivity contribution in [2.75, 3.05) is 26.9 Å². The minimum atomic E-state index is -1.09. The average molecular weight is 442 g/mol. The molecule has 2 aromatic carbocycles.